The summed E-state index contributed by atoms with van der Waals surface area (Å²) in [6, 6.07) is 3.79. The van der Waals surface area contributed by atoms with Crippen molar-refractivity contribution in [3.05, 3.63) is 35.8 Å². The van der Waals surface area contributed by atoms with Crippen molar-refractivity contribution in [3.8, 4) is 17.0 Å². The molecule has 0 unspecified atom stereocenters. The van der Waals surface area contributed by atoms with Gasteiger partial charge in [0.1, 0.15) is 6.61 Å². The molecule has 0 aliphatic carbocycles. The summed E-state index contributed by atoms with van der Waals surface area (Å²) in [6.45, 7) is 11.8. The number of piperidine rings is 1. The highest BCUT2D eigenvalue weighted by Crippen LogP contribution is 2.39. The normalized spacial score (nSPS) is 15.7. The Morgan fingerprint density at radius 2 is 1.90 bits per heavy atom. The van der Waals surface area contributed by atoms with Gasteiger partial charge in [-0.3, -0.25) is 9.78 Å². The summed E-state index contributed by atoms with van der Waals surface area (Å²) < 4.78 is 10.9. The minimum Gasteiger partial charge on any atom is -0.481 e. The number of hydrogen-bond donors (Lipinski definition) is 1. The van der Waals surface area contributed by atoms with Crippen LogP contribution in [-0.2, 0) is 16.0 Å². The molecule has 1 saturated heterocycles. The second-order valence-corrected chi connectivity index (χ2v) is 8.74. The van der Waals surface area contributed by atoms with Crippen LogP contribution < -0.4 is 9.64 Å². The van der Waals surface area contributed by atoms with Gasteiger partial charge in [0, 0.05) is 60.5 Å². The van der Waals surface area contributed by atoms with Gasteiger partial charge in [-0.15, -0.1) is 0 Å². The average molecular weight is 428 g/mol. The second-order valence-electron chi connectivity index (χ2n) is 8.74. The highest BCUT2D eigenvalue weighted by Gasteiger charge is 2.29. The smallest absolute Gasteiger partial charge is 0.307 e. The molecule has 3 heterocycles. The summed E-state index contributed by atoms with van der Waals surface area (Å²) in [6.07, 6.45) is 5.68. The highest BCUT2D eigenvalue weighted by molar-refractivity contribution is 5.84. The number of pyridine rings is 2. The van der Waals surface area contributed by atoms with E-state index in [4.69, 9.17) is 9.47 Å². The topological polar surface area (TPSA) is 84.8 Å². The molecule has 0 atom stereocenters. The first-order valence-corrected chi connectivity index (χ1v) is 10.9. The molecule has 31 heavy (non-hydrogen) atoms. The molecular formula is C24H33N3O4. The van der Waals surface area contributed by atoms with E-state index < -0.39 is 5.97 Å². The van der Waals surface area contributed by atoms with Crippen molar-refractivity contribution in [3.63, 3.8) is 0 Å². The molecule has 2 aromatic rings. The van der Waals surface area contributed by atoms with Gasteiger partial charge in [0.2, 0.25) is 5.88 Å². The molecule has 7 nitrogen and oxygen atoms in total. The fourth-order valence-corrected chi connectivity index (χ4v) is 3.88. The van der Waals surface area contributed by atoms with E-state index in [1.54, 1.807) is 6.20 Å². The molecular weight excluding hydrogens is 394 g/mol. The first-order valence-electron chi connectivity index (χ1n) is 10.9. The Kier molecular flexibility index (Phi) is 7.49. The van der Waals surface area contributed by atoms with Crippen LogP contribution in [0.25, 0.3) is 11.1 Å². The van der Waals surface area contributed by atoms with Crippen LogP contribution in [0.5, 0.6) is 5.88 Å². The minimum atomic E-state index is -0.850. The summed E-state index contributed by atoms with van der Waals surface area (Å²) in [5.74, 6) is -0.313. The van der Waals surface area contributed by atoms with Crippen molar-refractivity contribution in [2.45, 2.75) is 47.0 Å². The highest BCUT2D eigenvalue weighted by atomic mass is 16.5. The molecule has 168 valence electrons. The van der Waals surface area contributed by atoms with Gasteiger partial charge < -0.3 is 19.5 Å². The monoisotopic (exact) mass is 427 g/mol. The predicted octanol–water partition coefficient (Wildman–Crippen LogP) is 4.12. The van der Waals surface area contributed by atoms with E-state index in [1.165, 1.54) is 0 Å². The maximum Gasteiger partial charge on any atom is 0.307 e. The molecule has 1 fully saturated rings. The molecule has 0 aromatic carbocycles. The number of aromatic nitrogens is 2. The number of rotatable bonds is 9. The van der Waals surface area contributed by atoms with E-state index in [-0.39, 0.29) is 6.42 Å². The van der Waals surface area contributed by atoms with Gasteiger partial charge in [-0.05, 0) is 38.2 Å². The van der Waals surface area contributed by atoms with E-state index in [9.17, 15) is 9.90 Å². The summed E-state index contributed by atoms with van der Waals surface area (Å²) in [7, 11) is 0. The lowest BCUT2D eigenvalue weighted by atomic mass is 9.82. The summed E-state index contributed by atoms with van der Waals surface area (Å²) >= 11 is 0. The van der Waals surface area contributed by atoms with Crippen LogP contribution >= 0.6 is 0 Å². The Hall–Kier alpha value is -2.67. The summed E-state index contributed by atoms with van der Waals surface area (Å²) in [5, 5.41) is 9.53. The van der Waals surface area contributed by atoms with Gasteiger partial charge in [0.25, 0.3) is 0 Å². The molecule has 3 rings (SSSR count). The number of carboxylic acid groups (broad SMARTS) is 1. The van der Waals surface area contributed by atoms with E-state index >= 15 is 0 Å². The number of carboxylic acids is 1. The zero-order chi connectivity index (χ0) is 22.4. The lowest BCUT2D eigenvalue weighted by Crippen LogP contribution is -2.38. The molecule has 0 spiro atoms. The molecule has 0 amide bonds. The van der Waals surface area contributed by atoms with Crippen LogP contribution in [-0.4, -0.2) is 54.0 Å². The van der Waals surface area contributed by atoms with Crippen LogP contribution in [0.2, 0.25) is 0 Å². The summed E-state index contributed by atoms with van der Waals surface area (Å²) in [5.41, 5.74) is 4.62. The number of aliphatic carboxylic acids is 1. The van der Waals surface area contributed by atoms with Crippen molar-refractivity contribution >= 4 is 11.7 Å². The fourth-order valence-electron chi connectivity index (χ4n) is 3.88. The number of nitrogens with zero attached hydrogens (tertiary/aromatic N) is 3. The van der Waals surface area contributed by atoms with Crippen molar-refractivity contribution < 1.29 is 19.4 Å². The Morgan fingerprint density at radius 3 is 2.52 bits per heavy atom. The van der Waals surface area contributed by atoms with E-state index in [2.05, 4.69) is 28.7 Å². The Bertz CT molecular complexity index is 886. The molecule has 1 aliphatic rings. The van der Waals surface area contributed by atoms with Gasteiger partial charge >= 0.3 is 5.97 Å². The van der Waals surface area contributed by atoms with Crippen molar-refractivity contribution in [2.24, 2.45) is 5.41 Å². The molecule has 0 saturated carbocycles. The molecule has 0 radical (unpaired) electrons. The van der Waals surface area contributed by atoms with E-state index in [0.29, 0.717) is 31.1 Å². The van der Waals surface area contributed by atoms with Gasteiger partial charge in [-0.1, -0.05) is 13.8 Å². The maximum atomic E-state index is 11.6. The van der Waals surface area contributed by atoms with Gasteiger partial charge in [-0.25, -0.2) is 4.98 Å². The minimum absolute atomic E-state index is 0.0477. The van der Waals surface area contributed by atoms with Gasteiger partial charge in [0.05, 0.1) is 18.7 Å². The standard InChI is InChI=1S/C24H33N3O4/c1-5-30-12-13-31-21-7-6-18(15-26-21)20-16-25-17(2)19(14-22(28)29)23(20)27-10-8-24(3,4)9-11-27/h6-7,15-16H,5,8-14H2,1-4H3,(H,28,29). The number of aryl methyl sites for hydroxylation is 1. The van der Waals surface area contributed by atoms with Crippen LogP contribution in [0, 0.1) is 12.3 Å². The zero-order valence-corrected chi connectivity index (χ0v) is 19.0. The van der Waals surface area contributed by atoms with Gasteiger partial charge in [0.15, 0.2) is 0 Å². The number of hydrogen-bond acceptors (Lipinski definition) is 6. The van der Waals surface area contributed by atoms with E-state index in [0.717, 1.165) is 54.0 Å². The van der Waals surface area contributed by atoms with Crippen molar-refractivity contribution in [1.82, 2.24) is 9.97 Å². The molecule has 1 N–H and O–H groups in total. The average Bonchev–Trinajstić information content (AvgIpc) is 2.73. The van der Waals surface area contributed by atoms with Gasteiger partial charge in [-0.2, -0.15) is 0 Å². The Balaban J connectivity index is 1.93. The van der Waals surface area contributed by atoms with Crippen LogP contribution in [0.1, 0.15) is 44.9 Å². The SMILES string of the molecule is CCOCCOc1ccc(-c2cnc(C)c(CC(=O)O)c2N2CCC(C)(C)CC2)cn1. The third-order valence-corrected chi connectivity index (χ3v) is 5.86. The van der Waals surface area contributed by atoms with Crippen molar-refractivity contribution in [2.75, 3.05) is 37.8 Å². The maximum absolute atomic E-state index is 11.6. The predicted molar refractivity (Wildman–Crippen MR) is 121 cm³/mol. The number of ether oxygens (including phenoxy) is 2. The number of anilines is 1. The quantitative estimate of drug-likeness (QED) is 0.603. The van der Waals surface area contributed by atoms with Crippen LogP contribution in [0.3, 0.4) is 0 Å². The number of carbonyl (C=O) groups is 1. The lowest BCUT2D eigenvalue weighted by molar-refractivity contribution is -0.136. The van der Waals surface area contributed by atoms with E-state index in [1.807, 2.05) is 32.2 Å². The van der Waals surface area contributed by atoms with Crippen LogP contribution in [0.4, 0.5) is 5.69 Å². The first kappa shape index (κ1) is 23.0. The third kappa shape index (κ3) is 5.94. The molecule has 0 bridgehead atoms. The summed E-state index contributed by atoms with van der Waals surface area (Å²) in [4.78, 5) is 22.9. The third-order valence-electron chi connectivity index (χ3n) is 5.86. The van der Waals surface area contributed by atoms with Crippen molar-refractivity contribution in [1.29, 1.82) is 0 Å². The Morgan fingerprint density at radius 1 is 1.16 bits per heavy atom. The second kappa shape index (κ2) is 10.1. The lowest BCUT2D eigenvalue weighted by Gasteiger charge is -2.40. The van der Waals surface area contributed by atoms with Crippen LogP contribution in [0.15, 0.2) is 24.5 Å². The first-order chi connectivity index (χ1) is 14.8. The molecule has 7 heteroatoms. The largest absolute Gasteiger partial charge is 0.481 e. The fraction of sp³-hybridized carbons (Fsp3) is 0.542. The zero-order valence-electron chi connectivity index (χ0n) is 19.0. The molecule has 2 aromatic heterocycles. The molecule has 1 aliphatic heterocycles. The Labute approximate surface area is 184 Å².